The molecule has 0 aliphatic heterocycles. The highest BCUT2D eigenvalue weighted by Crippen LogP contribution is 2.30. The largest absolute Gasteiger partial charge is 0.312 e. The van der Waals surface area contributed by atoms with Gasteiger partial charge >= 0.3 is 0 Å². The number of likely N-dealkylation sites (N-methyl/N-ethyl adjacent to an activating group) is 1. The molecule has 0 saturated heterocycles. The smallest absolute Gasteiger partial charge is 0.0409 e. The number of halogens is 1. The molecule has 0 aliphatic carbocycles. The maximum absolute atomic E-state index is 6.06. The highest BCUT2D eigenvalue weighted by atomic mass is 35.5. The third-order valence-corrected chi connectivity index (χ3v) is 3.49. The van der Waals surface area contributed by atoms with Crippen LogP contribution in [0.15, 0.2) is 48.8 Å². The summed E-state index contributed by atoms with van der Waals surface area (Å²) < 4.78 is 0. The number of rotatable bonds is 4. The molecule has 1 N–H and O–H groups in total. The van der Waals surface area contributed by atoms with Crippen molar-refractivity contribution in [2.24, 2.45) is 0 Å². The molecule has 0 amide bonds. The number of nitrogens with one attached hydrogen (secondary N) is 1. The van der Waals surface area contributed by atoms with Crippen molar-refractivity contribution in [3.63, 3.8) is 0 Å². The summed E-state index contributed by atoms with van der Waals surface area (Å²) in [5.41, 5.74) is 2.47. The van der Waals surface area contributed by atoms with E-state index in [1.807, 2.05) is 37.6 Å². The van der Waals surface area contributed by atoms with Gasteiger partial charge in [-0.15, -0.1) is 0 Å². The quantitative estimate of drug-likeness (QED) is 0.905. The Labute approximate surface area is 113 Å². The fraction of sp³-hybridized carbons (Fsp3) is 0.267. The van der Waals surface area contributed by atoms with Gasteiger partial charge in [-0.3, -0.25) is 4.98 Å². The molecule has 1 aromatic carbocycles. The molecule has 1 aromatic heterocycles. The van der Waals surface area contributed by atoms with Gasteiger partial charge in [0.2, 0.25) is 0 Å². The van der Waals surface area contributed by atoms with Gasteiger partial charge < -0.3 is 5.32 Å². The van der Waals surface area contributed by atoms with Crippen molar-refractivity contribution < 1.29 is 0 Å². The molecule has 94 valence electrons. The Morgan fingerprint density at radius 2 is 1.83 bits per heavy atom. The van der Waals surface area contributed by atoms with Crippen LogP contribution < -0.4 is 5.32 Å². The van der Waals surface area contributed by atoms with E-state index in [9.17, 15) is 0 Å². The van der Waals surface area contributed by atoms with Crippen LogP contribution in [0.2, 0.25) is 5.02 Å². The van der Waals surface area contributed by atoms with Crippen LogP contribution in [0, 0.1) is 0 Å². The number of nitrogens with zero attached hydrogens (tertiary/aromatic N) is 1. The topological polar surface area (TPSA) is 24.9 Å². The SMILES string of the molecule is CNC(c1cccc(Cl)c1)C(C)c1ccncc1. The van der Waals surface area contributed by atoms with Crippen LogP contribution in [-0.2, 0) is 0 Å². The third kappa shape index (κ3) is 2.89. The van der Waals surface area contributed by atoms with Crippen LogP contribution in [0.4, 0.5) is 0 Å². The first-order chi connectivity index (χ1) is 8.72. The van der Waals surface area contributed by atoms with Crippen LogP contribution in [-0.4, -0.2) is 12.0 Å². The Balaban J connectivity index is 2.29. The van der Waals surface area contributed by atoms with Crippen molar-refractivity contribution in [3.05, 3.63) is 64.9 Å². The predicted octanol–water partition coefficient (Wildman–Crippen LogP) is 3.80. The predicted molar refractivity (Wildman–Crippen MR) is 75.9 cm³/mol. The van der Waals surface area contributed by atoms with E-state index in [-0.39, 0.29) is 6.04 Å². The molecule has 0 aliphatic rings. The number of hydrogen-bond acceptors (Lipinski definition) is 2. The van der Waals surface area contributed by atoms with E-state index in [0.29, 0.717) is 5.92 Å². The Kier molecular flexibility index (Phi) is 4.34. The van der Waals surface area contributed by atoms with Crippen molar-refractivity contribution in [2.75, 3.05) is 7.05 Å². The molecule has 18 heavy (non-hydrogen) atoms. The standard InChI is InChI=1S/C15H17ClN2/c1-11(12-6-8-18-9-7-12)15(17-2)13-4-3-5-14(16)10-13/h3-11,15,17H,1-2H3. The fourth-order valence-corrected chi connectivity index (χ4v) is 2.46. The summed E-state index contributed by atoms with van der Waals surface area (Å²) in [5, 5.41) is 4.14. The Morgan fingerprint density at radius 1 is 1.11 bits per heavy atom. The second-order valence-electron chi connectivity index (χ2n) is 4.39. The average molecular weight is 261 g/mol. The molecule has 0 radical (unpaired) electrons. The highest BCUT2D eigenvalue weighted by Gasteiger charge is 2.19. The van der Waals surface area contributed by atoms with Gasteiger partial charge in [0.05, 0.1) is 0 Å². The summed E-state index contributed by atoms with van der Waals surface area (Å²) in [7, 11) is 1.98. The van der Waals surface area contributed by atoms with Gasteiger partial charge in [-0.2, -0.15) is 0 Å². The lowest BCUT2D eigenvalue weighted by Gasteiger charge is -2.24. The molecule has 2 nitrogen and oxygen atoms in total. The first kappa shape index (κ1) is 13.1. The Hall–Kier alpha value is -1.38. The molecule has 2 rings (SSSR count). The van der Waals surface area contributed by atoms with E-state index in [0.717, 1.165) is 5.02 Å². The van der Waals surface area contributed by atoms with Gasteiger partial charge in [0, 0.05) is 29.4 Å². The van der Waals surface area contributed by atoms with Gasteiger partial charge in [0.15, 0.2) is 0 Å². The number of aromatic nitrogens is 1. The van der Waals surface area contributed by atoms with E-state index < -0.39 is 0 Å². The maximum atomic E-state index is 6.06. The lowest BCUT2D eigenvalue weighted by atomic mass is 9.89. The second-order valence-corrected chi connectivity index (χ2v) is 4.83. The number of benzene rings is 1. The molecule has 2 atom stereocenters. The molecular formula is C15H17ClN2. The lowest BCUT2D eigenvalue weighted by molar-refractivity contribution is 0.507. The zero-order valence-electron chi connectivity index (χ0n) is 10.6. The third-order valence-electron chi connectivity index (χ3n) is 3.25. The van der Waals surface area contributed by atoms with Crippen molar-refractivity contribution in [2.45, 2.75) is 18.9 Å². The summed E-state index contributed by atoms with van der Waals surface area (Å²) in [5.74, 6) is 0.358. The van der Waals surface area contributed by atoms with Crippen molar-refractivity contribution in [3.8, 4) is 0 Å². The minimum Gasteiger partial charge on any atom is -0.312 e. The second kappa shape index (κ2) is 5.98. The molecule has 1 heterocycles. The summed E-state index contributed by atoms with van der Waals surface area (Å²) >= 11 is 6.06. The summed E-state index contributed by atoms with van der Waals surface area (Å²) in [6.07, 6.45) is 3.66. The average Bonchev–Trinajstić information content (AvgIpc) is 2.40. The maximum Gasteiger partial charge on any atom is 0.0409 e. The molecular weight excluding hydrogens is 244 g/mol. The number of pyridine rings is 1. The fourth-order valence-electron chi connectivity index (χ4n) is 2.26. The molecule has 2 aromatic rings. The van der Waals surface area contributed by atoms with Crippen LogP contribution in [0.5, 0.6) is 0 Å². The van der Waals surface area contributed by atoms with E-state index in [4.69, 9.17) is 11.6 Å². The molecule has 2 unspecified atom stereocenters. The summed E-state index contributed by atoms with van der Waals surface area (Å²) in [6.45, 7) is 2.21. The lowest BCUT2D eigenvalue weighted by Crippen LogP contribution is -2.22. The van der Waals surface area contributed by atoms with E-state index in [2.05, 4.69) is 35.4 Å². The Morgan fingerprint density at radius 3 is 2.44 bits per heavy atom. The monoisotopic (exact) mass is 260 g/mol. The molecule has 0 fully saturated rings. The molecule has 0 saturated carbocycles. The molecule has 0 spiro atoms. The van der Waals surface area contributed by atoms with E-state index in [1.54, 1.807) is 0 Å². The minimum absolute atomic E-state index is 0.242. The first-order valence-corrected chi connectivity index (χ1v) is 6.43. The van der Waals surface area contributed by atoms with Gasteiger partial charge in [-0.05, 0) is 42.4 Å². The zero-order valence-corrected chi connectivity index (χ0v) is 11.4. The summed E-state index contributed by atoms with van der Waals surface area (Å²) in [4.78, 5) is 4.06. The zero-order chi connectivity index (χ0) is 13.0. The molecule has 0 bridgehead atoms. The summed E-state index contributed by atoms with van der Waals surface area (Å²) in [6, 6.07) is 12.4. The van der Waals surface area contributed by atoms with Gasteiger partial charge in [0.25, 0.3) is 0 Å². The normalized spacial score (nSPS) is 14.2. The highest BCUT2D eigenvalue weighted by molar-refractivity contribution is 6.30. The van der Waals surface area contributed by atoms with Crippen LogP contribution in [0.1, 0.15) is 30.0 Å². The van der Waals surface area contributed by atoms with Gasteiger partial charge in [-0.1, -0.05) is 30.7 Å². The van der Waals surface area contributed by atoms with E-state index >= 15 is 0 Å². The minimum atomic E-state index is 0.242. The van der Waals surface area contributed by atoms with Crippen molar-refractivity contribution >= 4 is 11.6 Å². The van der Waals surface area contributed by atoms with Crippen LogP contribution in [0.3, 0.4) is 0 Å². The van der Waals surface area contributed by atoms with Crippen LogP contribution >= 0.6 is 11.6 Å². The van der Waals surface area contributed by atoms with Crippen molar-refractivity contribution in [1.29, 1.82) is 0 Å². The first-order valence-electron chi connectivity index (χ1n) is 6.05. The van der Waals surface area contributed by atoms with E-state index in [1.165, 1.54) is 11.1 Å². The van der Waals surface area contributed by atoms with Gasteiger partial charge in [0.1, 0.15) is 0 Å². The Bertz CT molecular complexity index is 499. The molecule has 3 heteroatoms. The number of hydrogen-bond donors (Lipinski definition) is 1. The van der Waals surface area contributed by atoms with Gasteiger partial charge in [-0.25, -0.2) is 0 Å². The van der Waals surface area contributed by atoms with Crippen molar-refractivity contribution in [1.82, 2.24) is 10.3 Å². The van der Waals surface area contributed by atoms with Crippen LogP contribution in [0.25, 0.3) is 0 Å².